The van der Waals surface area contributed by atoms with Crippen LogP contribution in [0.15, 0.2) is 18.2 Å². The molecule has 0 unspecified atom stereocenters. The summed E-state index contributed by atoms with van der Waals surface area (Å²) in [6, 6.07) is 5.28. The average Bonchev–Trinajstić information content (AvgIpc) is 2.83. The maximum Gasteiger partial charge on any atom is 0.254 e. The lowest BCUT2D eigenvalue weighted by Crippen LogP contribution is -2.27. The van der Waals surface area contributed by atoms with Crippen molar-refractivity contribution >= 4 is 11.7 Å². The number of hydrogen-bond donors (Lipinski definition) is 1. The summed E-state index contributed by atoms with van der Waals surface area (Å²) in [6.45, 7) is 3.10. The molecule has 17 heavy (non-hydrogen) atoms. The summed E-state index contributed by atoms with van der Waals surface area (Å²) in [5, 5.41) is 2.73. The summed E-state index contributed by atoms with van der Waals surface area (Å²) in [7, 11) is 0. The van der Waals surface area contributed by atoms with Crippen molar-refractivity contribution in [3.8, 4) is 5.88 Å². The first-order valence-corrected chi connectivity index (χ1v) is 5.82. The fourth-order valence-electron chi connectivity index (χ4n) is 1.70. The van der Waals surface area contributed by atoms with Gasteiger partial charge in [0.15, 0.2) is 0 Å². The van der Waals surface area contributed by atoms with Gasteiger partial charge in [-0.25, -0.2) is 0 Å². The Labute approximate surface area is 100 Å². The maximum absolute atomic E-state index is 11.8. The molecule has 1 saturated heterocycles. The fourth-order valence-corrected chi connectivity index (χ4v) is 1.70. The Bertz CT molecular complexity index is 389. The van der Waals surface area contributed by atoms with Crippen LogP contribution in [0.4, 0.5) is 5.82 Å². The number of aromatic nitrogens is 1. The molecule has 1 aromatic heterocycles. The van der Waals surface area contributed by atoms with Crippen molar-refractivity contribution < 1.29 is 14.3 Å². The van der Waals surface area contributed by atoms with Gasteiger partial charge < -0.3 is 14.8 Å². The fraction of sp³-hybridized carbons (Fsp3) is 0.500. The highest BCUT2D eigenvalue weighted by Crippen LogP contribution is 2.16. The van der Waals surface area contributed by atoms with Gasteiger partial charge in [-0.2, -0.15) is 4.98 Å². The van der Waals surface area contributed by atoms with Crippen LogP contribution in [0.5, 0.6) is 5.88 Å². The van der Waals surface area contributed by atoms with E-state index in [1.54, 1.807) is 18.2 Å². The molecule has 5 nitrogen and oxygen atoms in total. The molecule has 1 aromatic rings. The van der Waals surface area contributed by atoms with E-state index in [0.29, 0.717) is 24.9 Å². The zero-order chi connectivity index (χ0) is 12.1. The number of ether oxygens (including phenoxy) is 2. The lowest BCUT2D eigenvalue weighted by Gasteiger charge is -2.10. The van der Waals surface area contributed by atoms with Crippen molar-refractivity contribution in [1.82, 2.24) is 4.98 Å². The Kier molecular flexibility index (Phi) is 3.93. The number of nitrogens with zero attached hydrogens (tertiary/aromatic N) is 1. The van der Waals surface area contributed by atoms with Crippen LogP contribution in [-0.2, 0) is 9.53 Å². The summed E-state index contributed by atoms with van der Waals surface area (Å²) in [5.41, 5.74) is 0. The molecular formula is C12H16N2O3. The summed E-state index contributed by atoms with van der Waals surface area (Å²) in [4.78, 5) is 15.9. The standard InChI is InChI=1S/C12H16N2O3/c1-2-16-11-7-3-6-10(13-11)14-12(15)9-5-4-8-17-9/h3,6-7,9H,2,4-5,8H2,1H3,(H,13,14,15)/t9-/m1/s1. The molecule has 2 heterocycles. The van der Waals surface area contributed by atoms with E-state index in [0.717, 1.165) is 12.8 Å². The second-order valence-electron chi connectivity index (χ2n) is 3.78. The molecule has 0 spiro atoms. The van der Waals surface area contributed by atoms with E-state index in [4.69, 9.17) is 9.47 Å². The Morgan fingerprint density at radius 3 is 3.24 bits per heavy atom. The minimum absolute atomic E-state index is 0.136. The lowest BCUT2D eigenvalue weighted by molar-refractivity contribution is -0.124. The van der Waals surface area contributed by atoms with Gasteiger partial charge in [-0.1, -0.05) is 6.07 Å². The van der Waals surface area contributed by atoms with E-state index in [1.165, 1.54) is 0 Å². The molecule has 1 N–H and O–H groups in total. The first kappa shape index (κ1) is 11.9. The van der Waals surface area contributed by atoms with Gasteiger partial charge in [0, 0.05) is 12.7 Å². The molecular weight excluding hydrogens is 220 g/mol. The summed E-state index contributed by atoms with van der Waals surface area (Å²) in [6.07, 6.45) is 1.37. The summed E-state index contributed by atoms with van der Waals surface area (Å²) < 4.78 is 10.6. The second-order valence-corrected chi connectivity index (χ2v) is 3.78. The lowest BCUT2D eigenvalue weighted by atomic mass is 10.2. The Morgan fingerprint density at radius 2 is 2.53 bits per heavy atom. The quantitative estimate of drug-likeness (QED) is 0.862. The zero-order valence-corrected chi connectivity index (χ0v) is 9.81. The van der Waals surface area contributed by atoms with E-state index >= 15 is 0 Å². The highest BCUT2D eigenvalue weighted by molar-refractivity contribution is 5.93. The smallest absolute Gasteiger partial charge is 0.254 e. The molecule has 0 aliphatic carbocycles. The van der Waals surface area contributed by atoms with Gasteiger partial charge in [-0.15, -0.1) is 0 Å². The van der Waals surface area contributed by atoms with Crippen molar-refractivity contribution in [2.24, 2.45) is 0 Å². The van der Waals surface area contributed by atoms with Crippen molar-refractivity contribution in [3.63, 3.8) is 0 Å². The molecule has 2 rings (SSSR count). The minimum Gasteiger partial charge on any atom is -0.478 e. The van der Waals surface area contributed by atoms with Crippen molar-refractivity contribution in [2.45, 2.75) is 25.9 Å². The normalized spacial score (nSPS) is 19.0. The van der Waals surface area contributed by atoms with Crippen LogP contribution < -0.4 is 10.1 Å². The van der Waals surface area contributed by atoms with E-state index in [9.17, 15) is 4.79 Å². The van der Waals surface area contributed by atoms with Crippen molar-refractivity contribution in [2.75, 3.05) is 18.5 Å². The largest absolute Gasteiger partial charge is 0.478 e. The monoisotopic (exact) mass is 236 g/mol. The van der Waals surface area contributed by atoms with E-state index in [1.807, 2.05) is 6.92 Å². The summed E-state index contributed by atoms with van der Waals surface area (Å²) in [5.74, 6) is 0.873. The molecule has 1 amide bonds. The maximum atomic E-state index is 11.8. The first-order chi connectivity index (χ1) is 8.29. The van der Waals surface area contributed by atoms with Gasteiger partial charge in [0.1, 0.15) is 11.9 Å². The number of hydrogen-bond acceptors (Lipinski definition) is 4. The van der Waals surface area contributed by atoms with Crippen LogP contribution in [0.25, 0.3) is 0 Å². The highest BCUT2D eigenvalue weighted by atomic mass is 16.5. The minimum atomic E-state index is -0.340. The molecule has 0 saturated carbocycles. The van der Waals surface area contributed by atoms with E-state index in [2.05, 4.69) is 10.3 Å². The second kappa shape index (κ2) is 5.63. The molecule has 0 aromatic carbocycles. The van der Waals surface area contributed by atoms with Crippen molar-refractivity contribution in [3.05, 3.63) is 18.2 Å². The number of amides is 1. The number of carbonyl (C=O) groups excluding carboxylic acids is 1. The van der Waals surface area contributed by atoms with Crippen LogP contribution in [0.2, 0.25) is 0 Å². The van der Waals surface area contributed by atoms with Gasteiger partial charge >= 0.3 is 0 Å². The predicted octanol–water partition coefficient (Wildman–Crippen LogP) is 1.60. The number of carbonyl (C=O) groups is 1. The SMILES string of the molecule is CCOc1cccc(NC(=O)[C@H]2CCCO2)n1. The molecule has 0 bridgehead atoms. The van der Waals surface area contributed by atoms with Gasteiger partial charge in [-0.05, 0) is 25.8 Å². The number of pyridine rings is 1. The van der Waals surface area contributed by atoms with Crippen LogP contribution in [0.1, 0.15) is 19.8 Å². The Morgan fingerprint density at radius 1 is 1.65 bits per heavy atom. The third-order valence-electron chi connectivity index (χ3n) is 2.49. The molecule has 1 aliphatic heterocycles. The van der Waals surface area contributed by atoms with E-state index in [-0.39, 0.29) is 12.0 Å². The molecule has 1 aliphatic rings. The third-order valence-corrected chi connectivity index (χ3v) is 2.49. The highest BCUT2D eigenvalue weighted by Gasteiger charge is 2.23. The van der Waals surface area contributed by atoms with Gasteiger partial charge in [-0.3, -0.25) is 4.79 Å². The number of nitrogens with one attached hydrogen (secondary N) is 1. The topological polar surface area (TPSA) is 60.5 Å². The first-order valence-electron chi connectivity index (χ1n) is 5.82. The van der Waals surface area contributed by atoms with Crippen LogP contribution >= 0.6 is 0 Å². The van der Waals surface area contributed by atoms with Crippen LogP contribution in [0, 0.1) is 0 Å². The Balaban J connectivity index is 1.97. The Hall–Kier alpha value is -1.62. The molecule has 92 valence electrons. The molecule has 5 heteroatoms. The van der Waals surface area contributed by atoms with Crippen LogP contribution in [-0.4, -0.2) is 30.2 Å². The molecule has 0 radical (unpaired) electrons. The average molecular weight is 236 g/mol. The van der Waals surface area contributed by atoms with Crippen LogP contribution in [0.3, 0.4) is 0 Å². The summed E-state index contributed by atoms with van der Waals surface area (Å²) >= 11 is 0. The number of rotatable bonds is 4. The third kappa shape index (κ3) is 3.17. The number of anilines is 1. The van der Waals surface area contributed by atoms with Crippen molar-refractivity contribution in [1.29, 1.82) is 0 Å². The van der Waals surface area contributed by atoms with E-state index < -0.39 is 0 Å². The zero-order valence-electron chi connectivity index (χ0n) is 9.81. The predicted molar refractivity (Wildman–Crippen MR) is 63.0 cm³/mol. The van der Waals surface area contributed by atoms with Gasteiger partial charge in [0.2, 0.25) is 5.88 Å². The van der Waals surface area contributed by atoms with Gasteiger partial charge in [0.25, 0.3) is 5.91 Å². The van der Waals surface area contributed by atoms with Gasteiger partial charge in [0.05, 0.1) is 6.61 Å². The molecule has 1 atom stereocenters. The molecule has 1 fully saturated rings.